The van der Waals surface area contributed by atoms with Crippen molar-refractivity contribution in [3.05, 3.63) is 70.6 Å². The van der Waals surface area contributed by atoms with Crippen molar-refractivity contribution in [2.24, 2.45) is 0 Å². The van der Waals surface area contributed by atoms with Gasteiger partial charge >= 0.3 is 0 Å². The van der Waals surface area contributed by atoms with Crippen LogP contribution in [0.4, 0.5) is 0 Å². The number of nitrogens with one attached hydrogen (secondary N) is 1. The summed E-state index contributed by atoms with van der Waals surface area (Å²) in [6, 6.07) is 10.1. The first-order chi connectivity index (χ1) is 12.2. The maximum absolute atomic E-state index is 12.8. The van der Waals surface area contributed by atoms with Crippen LogP contribution in [0.3, 0.4) is 0 Å². The van der Waals surface area contributed by atoms with Crippen molar-refractivity contribution in [1.29, 1.82) is 0 Å². The van der Waals surface area contributed by atoms with Crippen molar-refractivity contribution in [3.8, 4) is 11.5 Å². The molecule has 0 saturated carbocycles. The highest BCUT2D eigenvalue weighted by Gasteiger charge is 2.20. The number of hydrogen-bond donors (Lipinski definition) is 1. The Kier molecular flexibility index (Phi) is 5.15. The van der Waals surface area contributed by atoms with Crippen LogP contribution in [0.2, 0.25) is 0 Å². The molecule has 1 N–H and O–H groups in total. The van der Waals surface area contributed by atoms with Crippen LogP contribution in [-0.2, 0) is 11.3 Å². The lowest BCUT2D eigenvalue weighted by Gasteiger charge is -2.21. The monoisotopic (exact) mass is 342 g/mol. The van der Waals surface area contributed by atoms with E-state index >= 15 is 0 Å². The van der Waals surface area contributed by atoms with Crippen molar-refractivity contribution >= 4 is 5.91 Å². The van der Waals surface area contributed by atoms with Crippen LogP contribution in [0.1, 0.15) is 16.1 Å². The molecule has 130 valence electrons. The number of amides is 1. The van der Waals surface area contributed by atoms with Crippen molar-refractivity contribution in [2.45, 2.75) is 6.54 Å². The van der Waals surface area contributed by atoms with Crippen molar-refractivity contribution in [1.82, 2.24) is 9.88 Å². The lowest BCUT2D eigenvalue weighted by molar-refractivity contribution is 0.0665. The maximum atomic E-state index is 12.8. The van der Waals surface area contributed by atoms with E-state index in [1.54, 1.807) is 43.7 Å². The molecule has 0 bridgehead atoms. The highest BCUT2D eigenvalue weighted by Crippen LogP contribution is 2.16. The normalized spacial score (nSPS) is 10.8. The molecule has 0 spiro atoms. The molecule has 0 saturated heterocycles. The van der Waals surface area contributed by atoms with E-state index in [1.807, 2.05) is 0 Å². The third-order valence-electron chi connectivity index (χ3n) is 3.71. The quantitative estimate of drug-likeness (QED) is 0.713. The molecule has 25 heavy (non-hydrogen) atoms. The Morgan fingerprint density at radius 1 is 1.16 bits per heavy atom. The molecule has 1 amide bonds. The van der Waals surface area contributed by atoms with Crippen LogP contribution >= 0.6 is 0 Å². The third kappa shape index (κ3) is 3.89. The average Bonchev–Trinajstić information content (AvgIpc) is 3.31. The van der Waals surface area contributed by atoms with Gasteiger partial charge in [-0.05, 0) is 36.4 Å². The number of aromatic nitrogens is 1. The summed E-state index contributed by atoms with van der Waals surface area (Å²) in [5.41, 5.74) is 0.0970. The zero-order valence-corrected chi connectivity index (χ0v) is 13.7. The number of H-pyrrole nitrogens is 1. The van der Waals surface area contributed by atoms with Crippen LogP contribution in [0.25, 0.3) is 11.5 Å². The summed E-state index contributed by atoms with van der Waals surface area (Å²) < 4.78 is 15.6. The average molecular weight is 342 g/mol. The molecule has 0 atom stereocenters. The molecule has 3 aromatic heterocycles. The van der Waals surface area contributed by atoms with Gasteiger partial charge in [-0.3, -0.25) is 9.59 Å². The first-order valence-electron chi connectivity index (χ1n) is 7.77. The van der Waals surface area contributed by atoms with E-state index in [9.17, 15) is 9.59 Å². The van der Waals surface area contributed by atoms with Gasteiger partial charge in [-0.25, -0.2) is 0 Å². The van der Waals surface area contributed by atoms with Crippen molar-refractivity contribution < 1.29 is 18.4 Å². The zero-order valence-electron chi connectivity index (χ0n) is 13.7. The minimum absolute atomic E-state index is 0.0537. The molecule has 0 radical (unpaired) electrons. The number of hydrogen-bond acceptors (Lipinski definition) is 5. The summed E-state index contributed by atoms with van der Waals surface area (Å²) >= 11 is 0. The molecule has 3 heterocycles. The van der Waals surface area contributed by atoms with Gasteiger partial charge in [0.15, 0.2) is 0 Å². The van der Waals surface area contributed by atoms with Gasteiger partial charge < -0.3 is 23.5 Å². The number of methoxy groups -OCH3 is 1. The van der Waals surface area contributed by atoms with Crippen molar-refractivity contribution in [3.63, 3.8) is 0 Å². The number of furan rings is 2. The molecule has 0 fully saturated rings. The molecule has 3 aromatic rings. The van der Waals surface area contributed by atoms with Crippen molar-refractivity contribution in [2.75, 3.05) is 20.3 Å². The second-order valence-electron chi connectivity index (χ2n) is 5.39. The molecular weight excluding hydrogens is 324 g/mol. The van der Waals surface area contributed by atoms with Gasteiger partial charge in [0.1, 0.15) is 17.1 Å². The lowest BCUT2D eigenvalue weighted by atomic mass is 10.2. The Hall–Kier alpha value is -3.06. The second-order valence-corrected chi connectivity index (χ2v) is 5.39. The highest BCUT2D eigenvalue weighted by atomic mass is 16.5. The number of aromatic amines is 1. The minimum atomic E-state index is -0.472. The number of carbonyl (C=O) groups excluding carboxylic acids is 1. The van der Waals surface area contributed by atoms with Gasteiger partial charge in [0.25, 0.3) is 11.5 Å². The molecular formula is C18H18N2O5. The minimum Gasteiger partial charge on any atom is -0.467 e. The SMILES string of the molecule is COCCN(Cc1ccco1)C(=O)c1ccc(-c2ccco2)[nH]c1=O. The van der Waals surface area contributed by atoms with Gasteiger partial charge in [-0.15, -0.1) is 0 Å². The second kappa shape index (κ2) is 7.67. The molecule has 0 aliphatic heterocycles. The van der Waals surface area contributed by atoms with Gasteiger partial charge in [0.2, 0.25) is 0 Å². The molecule has 3 rings (SSSR count). The molecule has 0 unspecified atom stereocenters. The lowest BCUT2D eigenvalue weighted by Crippen LogP contribution is -2.36. The summed E-state index contributed by atoms with van der Waals surface area (Å²) in [5, 5.41) is 0. The zero-order chi connectivity index (χ0) is 17.6. The molecule has 0 aliphatic rings. The summed E-state index contributed by atoms with van der Waals surface area (Å²) in [4.78, 5) is 29.3. The summed E-state index contributed by atoms with van der Waals surface area (Å²) in [6.07, 6.45) is 3.06. The Labute approximate surface area is 143 Å². The first kappa shape index (κ1) is 16.8. The van der Waals surface area contributed by atoms with Crippen LogP contribution in [-0.4, -0.2) is 36.1 Å². The summed E-state index contributed by atoms with van der Waals surface area (Å²) in [7, 11) is 1.56. The van der Waals surface area contributed by atoms with Gasteiger partial charge in [0.05, 0.1) is 31.4 Å². The van der Waals surface area contributed by atoms with E-state index in [0.29, 0.717) is 30.4 Å². The predicted molar refractivity (Wildman–Crippen MR) is 90.1 cm³/mol. The van der Waals surface area contributed by atoms with Crippen LogP contribution in [0, 0.1) is 0 Å². The number of pyridine rings is 1. The number of carbonyl (C=O) groups is 1. The van der Waals surface area contributed by atoms with Crippen LogP contribution in [0.5, 0.6) is 0 Å². The fourth-order valence-electron chi connectivity index (χ4n) is 2.43. The van der Waals surface area contributed by atoms with Crippen LogP contribution in [0.15, 0.2) is 62.6 Å². The maximum Gasteiger partial charge on any atom is 0.261 e. The largest absolute Gasteiger partial charge is 0.467 e. The summed E-state index contributed by atoms with van der Waals surface area (Å²) in [6.45, 7) is 0.957. The van der Waals surface area contributed by atoms with E-state index < -0.39 is 5.56 Å². The van der Waals surface area contributed by atoms with E-state index in [1.165, 1.54) is 17.2 Å². The molecule has 0 aliphatic carbocycles. The number of rotatable bonds is 7. The van der Waals surface area contributed by atoms with E-state index in [4.69, 9.17) is 13.6 Å². The summed E-state index contributed by atoms with van der Waals surface area (Å²) in [5.74, 6) is 0.775. The Morgan fingerprint density at radius 3 is 2.60 bits per heavy atom. The Morgan fingerprint density at radius 2 is 1.96 bits per heavy atom. The fraction of sp³-hybridized carbons (Fsp3) is 0.222. The van der Waals surface area contributed by atoms with E-state index in [-0.39, 0.29) is 18.0 Å². The van der Waals surface area contributed by atoms with Gasteiger partial charge in [-0.1, -0.05) is 0 Å². The Bertz CT molecular complexity index is 865. The predicted octanol–water partition coefficient (Wildman–Crippen LogP) is 2.52. The Balaban J connectivity index is 1.84. The van der Waals surface area contributed by atoms with E-state index in [0.717, 1.165) is 0 Å². The number of nitrogens with zero attached hydrogens (tertiary/aromatic N) is 1. The van der Waals surface area contributed by atoms with Gasteiger partial charge in [0, 0.05) is 13.7 Å². The molecule has 7 nitrogen and oxygen atoms in total. The van der Waals surface area contributed by atoms with Crippen LogP contribution < -0.4 is 5.56 Å². The smallest absolute Gasteiger partial charge is 0.261 e. The molecule has 0 aromatic carbocycles. The fourth-order valence-corrected chi connectivity index (χ4v) is 2.43. The van der Waals surface area contributed by atoms with Gasteiger partial charge in [-0.2, -0.15) is 0 Å². The number of ether oxygens (including phenoxy) is 1. The molecule has 7 heteroatoms. The first-order valence-corrected chi connectivity index (χ1v) is 7.77. The standard InChI is InChI=1S/C18H18N2O5/c1-23-11-8-20(12-13-4-2-9-24-13)18(22)14-6-7-15(19-17(14)21)16-5-3-10-25-16/h2-7,9-10H,8,11-12H2,1H3,(H,19,21). The topological polar surface area (TPSA) is 88.7 Å². The highest BCUT2D eigenvalue weighted by molar-refractivity contribution is 5.94. The third-order valence-corrected chi connectivity index (χ3v) is 3.71. The van der Waals surface area contributed by atoms with E-state index in [2.05, 4.69) is 4.98 Å².